The Labute approximate surface area is 106 Å². The number of aliphatic hydroxyl groups is 1. The molecule has 106 valence electrons. The van der Waals surface area contributed by atoms with Crippen molar-refractivity contribution in [2.24, 2.45) is 5.92 Å². The molecule has 0 amide bonds. The van der Waals surface area contributed by atoms with Gasteiger partial charge >= 0.3 is 5.69 Å². The lowest BCUT2D eigenvalue weighted by Gasteiger charge is -2.22. The van der Waals surface area contributed by atoms with E-state index in [-0.39, 0.29) is 5.56 Å². The Morgan fingerprint density at radius 1 is 1.53 bits per heavy atom. The highest BCUT2D eigenvalue weighted by Gasteiger charge is 2.57. The zero-order valence-corrected chi connectivity index (χ0v) is 10.4. The molecule has 1 aromatic heterocycles. The SMILES string of the molecule is Cc1cn([C@@H]2O[C@H](CO)[C@@H](C)C2(F)F)c(=O)[nH]c1=O. The van der Waals surface area contributed by atoms with Crippen molar-refractivity contribution in [3.63, 3.8) is 0 Å². The van der Waals surface area contributed by atoms with E-state index in [1.54, 1.807) is 0 Å². The second-order valence-corrected chi connectivity index (χ2v) is 4.65. The second-order valence-electron chi connectivity index (χ2n) is 4.65. The fourth-order valence-corrected chi connectivity index (χ4v) is 2.06. The summed E-state index contributed by atoms with van der Waals surface area (Å²) in [5, 5.41) is 9.00. The molecule has 2 N–H and O–H groups in total. The topological polar surface area (TPSA) is 84.3 Å². The van der Waals surface area contributed by atoms with Gasteiger partial charge in [-0.15, -0.1) is 0 Å². The summed E-state index contributed by atoms with van der Waals surface area (Å²) in [6.45, 7) is 2.07. The molecule has 1 aromatic rings. The number of aromatic amines is 1. The number of nitrogens with one attached hydrogen (secondary N) is 1. The molecular formula is C11H14F2N2O4. The maximum Gasteiger partial charge on any atom is 0.330 e. The summed E-state index contributed by atoms with van der Waals surface area (Å²) in [5.74, 6) is -4.55. The zero-order valence-electron chi connectivity index (χ0n) is 10.4. The van der Waals surface area contributed by atoms with Crippen LogP contribution in [0.2, 0.25) is 0 Å². The Morgan fingerprint density at radius 2 is 2.16 bits per heavy atom. The normalized spacial score (nSPS) is 29.6. The molecule has 3 atom stereocenters. The summed E-state index contributed by atoms with van der Waals surface area (Å²) in [7, 11) is 0. The standard InChI is InChI=1S/C11H14F2N2O4/c1-5-3-15(10(18)14-8(5)17)9-11(12,13)6(2)7(4-16)19-9/h3,6-7,9,16H,4H2,1-2H3,(H,14,17,18)/t6-,7-,9-/m1/s1. The van der Waals surface area contributed by atoms with E-state index in [0.29, 0.717) is 4.57 Å². The average Bonchev–Trinajstić information content (AvgIpc) is 2.56. The first-order chi connectivity index (χ1) is 8.78. The van der Waals surface area contributed by atoms with Crippen molar-refractivity contribution in [3.8, 4) is 0 Å². The average molecular weight is 276 g/mol. The monoisotopic (exact) mass is 276 g/mol. The fraction of sp³-hybridized carbons (Fsp3) is 0.636. The Bertz CT molecular complexity index is 595. The molecule has 0 saturated carbocycles. The molecule has 1 fully saturated rings. The van der Waals surface area contributed by atoms with Crippen molar-refractivity contribution in [2.45, 2.75) is 32.1 Å². The summed E-state index contributed by atoms with van der Waals surface area (Å²) in [5.41, 5.74) is -1.47. The van der Waals surface area contributed by atoms with Crippen LogP contribution in [0.5, 0.6) is 0 Å². The number of halogens is 2. The van der Waals surface area contributed by atoms with Crippen LogP contribution in [0.1, 0.15) is 18.7 Å². The maximum absolute atomic E-state index is 14.0. The van der Waals surface area contributed by atoms with Crippen molar-refractivity contribution in [2.75, 3.05) is 6.61 Å². The first-order valence-electron chi connectivity index (χ1n) is 5.75. The van der Waals surface area contributed by atoms with Gasteiger partial charge in [0.2, 0.25) is 6.23 Å². The number of aromatic nitrogens is 2. The molecule has 0 aromatic carbocycles. The number of rotatable bonds is 2. The molecule has 0 radical (unpaired) electrons. The highest BCUT2D eigenvalue weighted by atomic mass is 19.3. The van der Waals surface area contributed by atoms with Gasteiger partial charge in [0, 0.05) is 11.8 Å². The first kappa shape index (κ1) is 13.9. The quantitative estimate of drug-likeness (QED) is 0.796. The minimum Gasteiger partial charge on any atom is -0.394 e. The van der Waals surface area contributed by atoms with Crippen molar-refractivity contribution >= 4 is 0 Å². The molecule has 8 heteroatoms. The van der Waals surface area contributed by atoms with Crippen LogP contribution in [0, 0.1) is 12.8 Å². The van der Waals surface area contributed by atoms with E-state index in [2.05, 4.69) is 0 Å². The van der Waals surface area contributed by atoms with Gasteiger partial charge in [-0.2, -0.15) is 0 Å². The van der Waals surface area contributed by atoms with Crippen molar-refractivity contribution in [1.82, 2.24) is 9.55 Å². The number of H-pyrrole nitrogens is 1. The molecule has 6 nitrogen and oxygen atoms in total. The number of nitrogens with zero attached hydrogens (tertiary/aromatic N) is 1. The molecule has 2 heterocycles. The van der Waals surface area contributed by atoms with Gasteiger partial charge in [0.25, 0.3) is 11.5 Å². The first-order valence-corrected chi connectivity index (χ1v) is 5.75. The lowest BCUT2D eigenvalue weighted by molar-refractivity contribution is -0.127. The molecular weight excluding hydrogens is 262 g/mol. The van der Waals surface area contributed by atoms with Gasteiger partial charge < -0.3 is 9.84 Å². The molecule has 1 aliphatic heterocycles. The number of ether oxygens (including phenoxy) is 1. The summed E-state index contributed by atoms with van der Waals surface area (Å²) in [4.78, 5) is 24.8. The van der Waals surface area contributed by atoms with Crippen LogP contribution < -0.4 is 11.2 Å². The van der Waals surface area contributed by atoms with Crippen molar-refractivity contribution in [1.29, 1.82) is 0 Å². The minimum absolute atomic E-state index is 0.124. The van der Waals surface area contributed by atoms with E-state index in [1.165, 1.54) is 13.8 Å². The van der Waals surface area contributed by atoms with Crippen LogP contribution in [-0.2, 0) is 4.74 Å². The third-order valence-electron chi connectivity index (χ3n) is 3.38. The second kappa shape index (κ2) is 4.53. The molecule has 1 saturated heterocycles. The van der Waals surface area contributed by atoms with Crippen LogP contribution in [0.4, 0.5) is 8.78 Å². The van der Waals surface area contributed by atoms with Gasteiger partial charge in [-0.25, -0.2) is 13.6 Å². The lowest BCUT2D eigenvalue weighted by atomic mass is 10.00. The number of alkyl halides is 2. The predicted molar refractivity (Wildman–Crippen MR) is 61.2 cm³/mol. The maximum atomic E-state index is 14.0. The third-order valence-corrected chi connectivity index (χ3v) is 3.38. The number of aliphatic hydroxyl groups excluding tert-OH is 1. The zero-order chi connectivity index (χ0) is 14.4. The number of hydrogen-bond donors (Lipinski definition) is 2. The van der Waals surface area contributed by atoms with Gasteiger partial charge in [-0.3, -0.25) is 14.3 Å². The Kier molecular flexibility index (Phi) is 3.31. The summed E-state index contributed by atoms with van der Waals surface area (Å²) < 4.78 is 33.8. The molecule has 19 heavy (non-hydrogen) atoms. The molecule has 0 unspecified atom stereocenters. The Balaban J connectivity index is 2.51. The van der Waals surface area contributed by atoms with Crippen LogP contribution in [0.15, 0.2) is 15.8 Å². The summed E-state index contributed by atoms with van der Waals surface area (Å²) >= 11 is 0. The van der Waals surface area contributed by atoms with Crippen LogP contribution in [0.25, 0.3) is 0 Å². The van der Waals surface area contributed by atoms with Gasteiger partial charge in [0.05, 0.1) is 18.6 Å². The van der Waals surface area contributed by atoms with Crippen LogP contribution in [0.3, 0.4) is 0 Å². The van der Waals surface area contributed by atoms with E-state index in [0.717, 1.165) is 6.20 Å². The van der Waals surface area contributed by atoms with Crippen LogP contribution >= 0.6 is 0 Å². The smallest absolute Gasteiger partial charge is 0.330 e. The molecule has 0 aliphatic carbocycles. The summed E-state index contributed by atoms with van der Waals surface area (Å²) in [6, 6.07) is 0. The predicted octanol–water partition coefficient (Wildman–Crippen LogP) is 0.00612. The minimum atomic E-state index is -3.32. The van der Waals surface area contributed by atoms with E-state index in [1.807, 2.05) is 4.98 Å². The van der Waals surface area contributed by atoms with E-state index < -0.39 is 42.0 Å². The van der Waals surface area contributed by atoms with E-state index >= 15 is 0 Å². The third kappa shape index (κ3) is 2.10. The van der Waals surface area contributed by atoms with Gasteiger partial charge in [0.1, 0.15) is 0 Å². The van der Waals surface area contributed by atoms with Crippen molar-refractivity contribution < 1.29 is 18.6 Å². The number of hydrogen-bond acceptors (Lipinski definition) is 4. The largest absolute Gasteiger partial charge is 0.394 e. The Hall–Kier alpha value is -1.54. The van der Waals surface area contributed by atoms with E-state index in [4.69, 9.17) is 9.84 Å². The Morgan fingerprint density at radius 3 is 2.68 bits per heavy atom. The van der Waals surface area contributed by atoms with Gasteiger partial charge in [-0.1, -0.05) is 6.92 Å². The van der Waals surface area contributed by atoms with Crippen LogP contribution in [-0.4, -0.2) is 33.3 Å². The molecule has 0 bridgehead atoms. The lowest BCUT2D eigenvalue weighted by Crippen LogP contribution is -2.40. The van der Waals surface area contributed by atoms with Gasteiger partial charge in [-0.05, 0) is 6.92 Å². The highest BCUT2D eigenvalue weighted by Crippen LogP contribution is 2.45. The highest BCUT2D eigenvalue weighted by molar-refractivity contribution is 5.04. The number of aryl methyl sites for hydroxylation is 1. The fourth-order valence-electron chi connectivity index (χ4n) is 2.06. The van der Waals surface area contributed by atoms with Gasteiger partial charge in [0.15, 0.2) is 0 Å². The van der Waals surface area contributed by atoms with Crippen molar-refractivity contribution in [3.05, 3.63) is 32.6 Å². The summed E-state index contributed by atoms with van der Waals surface area (Å²) in [6.07, 6.45) is -1.85. The molecule has 0 spiro atoms. The molecule has 1 aliphatic rings. The molecule has 2 rings (SSSR count). The van der Waals surface area contributed by atoms with E-state index in [9.17, 15) is 18.4 Å².